The Kier molecular flexibility index (Phi) is 3.56. The third-order valence-corrected chi connectivity index (χ3v) is 3.04. The Balaban J connectivity index is 3.15. The summed E-state index contributed by atoms with van der Waals surface area (Å²) in [4.78, 5) is 11.3. The standard InChI is InChI=1S/C12H19NO2/c1-5-8(2)11(12(14)15)13-9(3)6-7-10(13)4/h6-8,11H,5H2,1-4H3,(H,14,15). The number of aryl methyl sites for hydroxylation is 2. The van der Waals surface area contributed by atoms with E-state index >= 15 is 0 Å². The Morgan fingerprint density at radius 1 is 1.40 bits per heavy atom. The molecule has 0 radical (unpaired) electrons. The van der Waals surface area contributed by atoms with Crippen molar-refractivity contribution < 1.29 is 9.90 Å². The summed E-state index contributed by atoms with van der Waals surface area (Å²) in [7, 11) is 0. The fourth-order valence-electron chi connectivity index (χ4n) is 1.95. The molecule has 3 nitrogen and oxygen atoms in total. The van der Waals surface area contributed by atoms with E-state index in [-0.39, 0.29) is 5.92 Å². The number of carboxylic acid groups (broad SMARTS) is 1. The molecular weight excluding hydrogens is 190 g/mol. The van der Waals surface area contributed by atoms with Gasteiger partial charge in [0.1, 0.15) is 6.04 Å². The maximum Gasteiger partial charge on any atom is 0.326 e. The molecule has 2 unspecified atom stereocenters. The normalized spacial score (nSPS) is 14.9. The van der Waals surface area contributed by atoms with Gasteiger partial charge >= 0.3 is 5.97 Å². The Bertz CT molecular complexity index is 335. The fourth-order valence-corrected chi connectivity index (χ4v) is 1.95. The summed E-state index contributed by atoms with van der Waals surface area (Å²) in [5, 5.41) is 9.27. The first-order chi connectivity index (χ1) is 6.99. The maximum absolute atomic E-state index is 11.3. The van der Waals surface area contributed by atoms with E-state index in [1.807, 2.05) is 44.4 Å². The average molecular weight is 209 g/mol. The van der Waals surface area contributed by atoms with Crippen molar-refractivity contribution in [3.05, 3.63) is 23.5 Å². The topological polar surface area (TPSA) is 42.2 Å². The van der Waals surface area contributed by atoms with E-state index < -0.39 is 12.0 Å². The number of nitrogens with zero attached hydrogens (tertiary/aromatic N) is 1. The van der Waals surface area contributed by atoms with Crippen molar-refractivity contribution in [2.24, 2.45) is 5.92 Å². The smallest absolute Gasteiger partial charge is 0.326 e. The van der Waals surface area contributed by atoms with Crippen LogP contribution in [0.5, 0.6) is 0 Å². The summed E-state index contributed by atoms with van der Waals surface area (Å²) in [6.07, 6.45) is 0.869. The lowest BCUT2D eigenvalue weighted by Gasteiger charge is -2.23. The van der Waals surface area contributed by atoms with Crippen LogP contribution in [-0.4, -0.2) is 15.6 Å². The van der Waals surface area contributed by atoms with Crippen LogP contribution in [0.1, 0.15) is 37.7 Å². The van der Waals surface area contributed by atoms with E-state index in [0.29, 0.717) is 0 Å². The first-order valence-electron chi connectivity index (χ1n) is 5.36. The van der Waals surface area contributed by atoms with E-state index in [4.69, 9.17) is 0 Å². The molecule has 0 fully saturated rings. The quantitative estimate of drug-likeness (QED) is 0.828. The number of aromatic nitrogens is 1. The summed E-state index contributed by atoms with van der Waals surface area (Å²) >= 11 is 0. The highest BCUT2D eigenvalue weighted by atomic mass is 16.4. The van der Waals surface area contributed by atoms with Crippen molar-refractivity contribution in [1.82, 2.24) is 4.57 Å². The van der Waals surface area contributed by atoms with Crippen molar-refractivity contribution in [1.29, 1.82) is 0 Å². The monoisotopic (exact) mass is 209 g/mol. The van der Waals surface area contributed by atoms with Crippen LogP contribution in [-0.2, 0) is 4.79 Å². The highest BCUT2D eigenvalue weighted by Crippen LogP contribution is 2.25. The number of carbonyl (C=O) groups is 1. The van der Waals surface area contributed by atoms with Gasteiger partial charge < -0.3 is 9.67 Å². The van der Waals surface area contributed by atoms with Crippen LogP contribution < -0.4 is 0 Å². The number of hydrogen-bond acceptors (Lipinski definition) is 1. The summed E-state index contributed by atoms with van der Waals surface area (Å²) in [6.45, 7) is 7.91. The van der Waals surface area contributed by atoms with Crippen molar-refractivity contribution in [3.8, 4) is 0 Å². The molecule has 3 heteroatoms. The first kappa shape index (κ1) is 11.8. The van der Waals surface area contributed by atoms with Gasteiger partial charge in [0.05, 0.1) is 0 Å². The molecule has 1 rings (SSSR count). The van der Waals surface area contributed by atoms with Gasteiger partial charge in [-0.05, 0) is 31.9 Å². The van der Waals surface area contributed by atoms with Crippen LogP contribution in [0.25, 0.3) is 0 Å². The Labute approximate surface area is 90.7 Å². The van der Waals surface area contributed by atoms with E-state index in [0.717, 1.165) is 17.8 Å². The Hall–Kier alpha value is -1.25. The second kappa shape index (κ2) is 4.51. The molecular formula is C12H19NO2. The SMILES string of the molecule is CCC(C)C(C(=O)O)n1c(C)ccc1C. The molecule has 0 aliphatic heterocycles. The minimum Gasteiger partial charge on any atom is -0.480 e. The van der Waals surface area contributed by atoms with Crippen molar-refractivity contribution in [2.45, 2.75) is 40.2 Å². The van der Waals surface area contributed by atoms with E-state index in [2.05, 4.69) is 0 Å². The van der Waals surface area contributed by atoms with Crippen LogP contribution in [0.3, 0.4) is 0 Å². The molecule has 0 aliphatic rings. The second-order valence-electron chi connectivity index (χ2n) is 4.15. The lowest BCUT2D eigenvalue weighted by Crippen LogP contribution is -2.26. The molecule has 0 spiro atoms. The molecule has 1 aromatic rings. The van der Waals surface area contributed by atoms with Gasteiger partial charge in [0.2, 0.25) is 0 Å². The minimum atomic E-state index is -0.744. The van der Waals surface area contributed by atoms with Gasteiger partial charge in [-0.3, -0.25) is 0 Å². The number of aliphatic carboxylic acids is 1. The molecule has 0 bridgehead atoms. The fraction of sp³-hybridized carbons (Fsp3) is 0.583. The van der Waals surface area contributed by atoms with Gasteiger partial charge in [-0.2, -0.15) is 0 Å². The van der Waals surface area contributed by atoms with Gasteiger partial charge in [0.25, 0.3) is 0 Å². The largest absolute Gasteiger partial charge is 0.480 e. The zero-order valence-corrected chi connectivity index (χ0v) is 9.82. The summed E-state index contributed by atoms with van der Waals surface area (Å²) in [5.74, 6) is -0.598. The molecule has 1 heterocycles. The van der Waals surface area contributed by atoms with Gasteiger partial charge in [-0.15, -0.1) is 0 Å². The van der Waals surface area contributed by atoms with Crippen molar-refractivity contribution in [3.63, 3.8) is 0 Å². The Morgan fingerprint density at radius 3 is 2.20 bits per heavy atom. The molecule has 0 saturated carbocycles. The molecule has 0 amide bonds. The highest BCUT2D eigenvalue weighted by molar-refractivity contribution is 5.72. The van der Waals surface area contributed by atoms with E-state index in [9.17, 15) is 9.90 Å². The van der Waals surface area contributed by atoms with Gasteiger partial charge in [0.15, 0.2) is 0 Å². The third-order valence-electron chi connectivity index (χ3n) is 3.04. The molecule has 0 aromatic carbocycles. The zero-order valence-electron chi connectivity index (χ0n) is 9.82. The summed E-state index contributed by atoms with van der Waals surface area (Å²) < 4.78 is 1.91. The molecule has 1 N–H and O–H groups in total. The highest BCUT2D eigenvalue weighted by Gasteiger charge is 2.26. The van der Waals surface area contributed by atoms with Crippen molar-refractivity contribution in [2.75, 3.05) is 0 Å². The van der Waals surface area contributed by atoms with Crippen LogP contribution in [0.15, 0.2) is 12.1 Å². The number of hydrogen-bond donors (Lipinski definition) is 1. The number of rotatable bonds is 4. The predicted molar refractivity (Wildman–Crippen MR) is 60.0 cm³/mol. The van der Waals surface area contributed by atoms with Gasteiger partial charge in [-0.25, -0.2) is 4.79 Å². The molecule has 0 aliphatic carbocycles. The van der Waals surface area contributed by atoms with Crippen LogP contribution in [0, 0.1) is 19.8 Å². The van der Waals surface area contributed by atoms with Crippen molar-refractivity contribution >= 4 is 5.97 Å². The summed E-state index contributed by atoms with van der Waals surface area (Å²) in [5.41, 5.74) is 2.03. The third kappa shape index (κ3) is 2.22. The van der Waals surface area contributed by atoms with Gasteiger partial charge in [-0.1, -0.05) is 20.3 Å². The van der Waals surface area contributed by atoms with Gasteiger partial charge in [0, 0.05) is 11.4 Å². The lowest BCUT2D eigenvalue weighted by atomic mass is 9.98. The van der Waals surface area contributed by atoms with E-state index in [1.54, 1.807) is 0 Å². The summed E-state index contributed by atoms with van der Waals surface area (Å²) in [6, 6.07) is 3.49. The second-order valence-corrected chi connectivity index (χ2v) is 4.15. The lowest BCUT2D eigenvalue weighted by molar-refractivity contribution is -0.142. The van der Waals surface area contributed by atoms with Crippen LogP contribution in [0.2, 0.25) is 0 Å². The molecule has 84 valence electrons. The molecule has 1 aromatic heterocycles. The molecule has 15 heavy (non-hydrogen) atoms. The zero-order chi connectivity index (χ0) is 11.6. The average Bonchev–Trinajstić information content (AvgIpc) is 2.49. The van der Waals surface area contributed by atoms with Crippen LogP contribution >= 0.6 is 0 Å². The predicted octanol–water partition coefficient (Wildman–Crippen LogP) is 2.78. The number of carboxylic acids is 1. The first-order valence-corrected chi connectivity index (χ1v) is 5.36. The molecule has 0 saturated heterocycles. The minimum absolute atomic E-state index is 0.146. The van der Waals surface area contributed by atoms with E-state index in [1.165, 1.54) is 0 Å². The maximum atomic E-state index is 11.3. The Morgan fingerprint density at radius 2 is 1.87 bits per heavy atom. The van der Waals surface area contributed by atoms with Crippen LogP contribution in [0.4, 0.5) is 0 Å². The molecule has 2 atom stereocenters.